The molecule has 1 aliphatic rings. The van der Waals surface area contributed by atoms with Gasteiger partial charge in [-0.1, -0.05) is 30.3 Å². The Morgan fingerprint density at radius 2 is 1.81 bits per heavy atom. The predicted molar refractivity (Wildman–Crippen MR) is 96.3 cm³/mol. The fourth-order valence-corrected chi connectivity index (χ4v) is 2.90. The van der Waals surface area contributed by atoms with Crippen molar-refractivity contribution in [2.45, 2.75) is 19.9 Å². The van der Waals surface area contributed by atoms with Crippen molar-refractivity contribution < 1.29 is 19.1 Å². The summed E-state index contributed by atoms with van der Waals surface area (Å²) in [5.74, 6) is -0.713. The van der Waals surface area contributed by atoms with E-state index >= 15 is 0 Å². The molecule has 0 aliphatic carbocycles. The first kappa shape index (κ1) is 17.7. The molecule has 26 heavy (non-hydrogen) atoms. The maximum atomic E-state index is 12.4. The zero-order chi connectivity index (χ0) is 18.5. The number of hydrogen-bond donors (Lipinski definition) is 1. The lowest BCUT2D eigenvalue weighted by molar-refractivity contribution is -0.139. The molecule has 2 aromatic carbocycles. The molecule has 2 aromatic rings. The lowest BCUT2D eigenvalue weighted by Gasteiger charge is -2.16. The van der Waals surface area contributed by atoms with E-state index in [2.05, 4.69) is 5.32 Å². The molecule has 1 aliphatic heterocycles. The van der Waals surface area contributed by atoms with Gasteiger partial charge < -0.3 is 15.0 Å². The van der Waals surface area contributed by atoms with Gasteiger partial charge in [0.15, 0.2) is 0 Å². The smallest absolute Gasteiger partial charge is 0.316 e. The average Bonchev–Trinajstić information content (AvgIpc) is 2.98. The molecule has 1 N–H and O–H groups in total. The highest BCUT2D eigenvalue weighted by Crippen LogP contribution is 2.23. The van der Waals surface area contributed by atoms with Crippen molar-refractivity contribution in [2.75, 3.05) is 11.9 Å². The zero-order valence-electron chi connectivity index (χ0n) is 14.5. The molecule has 0 bridgehead atoms. The quantitative estimate of drug-likeness (QED) is 0.663. The van der Waals surface area contributed by atoms with E-state index in [0.717, 1.165) is 5.56 Å². The van der Waals surface area contributed by atoms with Crippen molar-refractivity contribution in [3.05, 3.63) is 60.2 Å². The molecule has 1 fully saturated rings. The Hall–Kier alpha value is -3.15. The number of nitrogens with zero attached hydrogens (tertiary/aromatic N) is 1. The molecule has 0 aromatic heterocycles. The van der Waals surface area contributed by atoms with E-state index < -0.39 is 11.9 Å². The summed E-state index contributed by atoms with van der Waals surface area (Å²) in [6.07, 6.45) is 0.162. The van der Waals surface area contributed by atoms with E-state index in [1.807, 2.05) is 30.3 Å². The molecule has 1 unspecified atom stereocenters. The second-order valence-electron chi connectivity index (χ2n) is 6.29. The van der Waals surface area contributed by atoms with Crippen LogP contribution in [-0.2, 0) is 20.9 Å². The Morgan fingerprint density at radius 1 is 1.12 bits per heavy atom. The molecule has 3 rings (SSSR count). The van der Waals surface area contributed by atoms with Gasteiger partial charge in [0, 0.05) is 32.1 Å². The lowest BCUT2D eigenvalue weighted by atomic mass is 10.1. The number of anilines is 1. The molecule has 6 heteroatoms. The van der Waals surface area contributed by atoms with Gasteiger partial charge in [0.05, 0.1) is 5.92 Å². The molecular formula is C20H20N2O4. The van der Waals surface area contributed by atoms with Crippen molar-refractivity contribution in [3.8, 4) is 5.75 Å². The maximum absolute atomic E-state index is 12.4. The minimum absolute atomic E-state index is 0.0446. The maximum Gasteiger partial charge on any atom is 0.316 e. The van der Waals surface area contributed by atoms with Crippen molar-refractivity contribution in [2.24, 2.45) is 5.92 Å². The fraction of sp³-hybridized carbons (Fsp3) is 0.250. The number of carbonyl (C=O) groups is 3. The number of carbonyl (C=O) groups excluding carboxylic acids is 3. The van der Waals surface area contributed by atoms with E-state index in [-0.39, 0.29) is 18.2 Å². The minimum atomic E-state index is -0.471. The Balaban J connectivity index is 1.57. The molecule has 6 nitrogen and oxygen atoms in total. The number of esters is 1. The van der Waals surface area contributed by atoms with Gasteiger partial charge in [0.2, 0.25) is 11.8 Å². The van der Waals surface area contributed by atoms with E-state index in [0.29, 0.717) is 24.5 Å². The van der Waals surface area contributed by atoms with Crippen LogP contribution < -0.4 is 10.1 Å². The third-order valence-corrected chi connectivity index (χ3v) is 4.16. The van der Waals surface area contributed by atoms with Gasteiger partial charge in [0.25, 0.3) is 0 Å². The monoisotopic (exact) mass is 352 g/mol. The highest BCUT2D eigenvalue weighted by Gasteiger charge is 2.35. The van der Waals surface area contributed by atoms with Gasteiger partial charge in [-0.25, -0.2) is 0 Å². The summed E-state index contributed by atoms with van der Waals surface area (Å²) in [4.78, 5) is 37.2. The topological polar surface area (TPSA) is 75.7 Å². The molecule has 1 saturated heterocycles. The first-order valence-corrected chi connectivity index (χ1v) is 8.42. The number of benzene rings is 2. The summed E-state index contributed by atoms with van der Waals surface area (Å²) in [6.45, 7) is 2.28. The number of hydrogen-bond acceptors (Lipinski definition) is 4. The van der Waals surface area contributed by atoms with Crippen LogP contribution in [0.2, 0.25) is 0 Å². The highest BCUT2D eigenvalue weighted by atomic mass is 16.5. The third-order valence-electron chi connectivity index (χ3n) is 4.16. The van der Waals surface area contributed by atoms with E-state index in [4.69, 9.17) is 4.74 Å². The summed E-state index contributed by atoms with van der Waals surface area (Å²) >= 11 is 0. The highest BCUT2D eigenvalue weighted by molar-refractivity contribution is 5.89. The van der Waals surface area contributed by atoms with E-state index in [1.165, 1.54) is 6.92 Å². The molecule has 1 atom stereocenters. The minimum Gasteiger partial charge on any atom is -0.426 e. The largest absolute Gasteiger partial charge is 0.426 e. The summed E-state index contributed by atoms with van der Waals surface area (Å²) in [5, 5.41) is 2.64. The van der Waals surface area contributed by atoms with Crippen LogP contribution in [0.15, 0.2) is 54.6 Å². The van der Waals surface area contributed by atoms with Gasteiger partial charge >= 0.3 is 5.97 Å². The van der Waals surface area contributed by atoms with Crippen LogP contribution in [0.25, 0.3) is 0 Å². The predicted octanol–water partition coefficient (Wildman–Crippen LogP) is 2.60. The zero-order valence-corrected chi connectivity index (χ0v) is 14.5. The van der Waals surface area contributed by atoms with Crippen LogP contribution in [0.1, 0.15) is 18.9 Å². The summed E-state index contributed by atoms with van der Waals surface area (Å²) in [6, 6.07) is 16.2. The third kappa shape index (κ3) is 4.47. The normalized spacial score (nSPS) is 16.4. The van der Waals surface area contributed by atoms with Crippen LogP contribution in [0.3, 0.4) is 0 Å². The molecule has 0 saturated carbocycles. The second-order valence-corrected chi connectivity index (χ2v) is 6.29. The van der Waals surface area contributed by atoms with Crippen LogP contribution in [-0.4, -0.2) is 29.2 Å². The number of nitrogens with one attached hydrogen (secondary N) is 1. The van der Waals surface area contributed by atoms with Crippen molar-refractivity contribution in [1.29, 1.82) is 0 Å². The van der Waals surface area contributed by atoms with Gasteiger partial charge in [0.1, 0.15) is 5.75 Å². The van der Waals surface area contributed by atoms with Crippen LogP contribution in [0.4, 0.5) is 5.69 Å². The van der Waals surface area contributed by atoms with Gasteiger partial charge in [-0.15, -0.1) is 0 Å². The molecule has 1 heterocycles. The van der Waals surface area contributed by atoms with Gasteiger partial charge in [-0.3, -0.25) is 14.4 Å². The lowest BCUT2D eigenvalue weighted by Crippen LogP contribution is -2.27. The molecule has 0 radical (unpaired) electrons. The standard InChI is InChI=1S/C20H20N2O4/c1-14(23)21-17-7-9-18(10-8-17)26-20(25)16-11-19(24)22(13-16)12-15-5-3-2-4-6-15/h2-10,16H,11-13H2,1H3,(H,21,23). The fourth-order valence-electron chi connectivity index (χ4n) is 2.90. The van der Waals surface area contributed by atoms with Crippen molar-refractivity contribution in [1.82, 2.24) is 4.90 Å². The molecule has 2 amide bonds. The van der Waals surface area contributed by atoms with E-state index in [9.17, 15) is 14.4 Å². The van der Waals surface area contributed by atoms with E-state index in [1.54, 1.807) is 29.2 Å². The number of amides is 2. The number of ether oxygens (including phenoxy) is 1. The average molecular weight is 352 g/mol. The van der Waals surface area contributed by atoms with Crippen molar-refractivity contribution >= 4 is 23.5 Å². The number of rotatable bonds is 5. The van der Waals surface area contributed by atoms with Crippen molar-refractivity contribution in [3.63, 3.8) is 0 Å². The first-order valence-electron chi connectivity index (χ1n) is 8.42. The Kier molecular flexibility index (Phi) is 5.31. The summed E-state index contributed by atoms with van der Waals surface area (Å²) < 4.78 is 5.37. The first-order chi connectivity index (χ1) is 12.5. The Labute approximate surface area is 151 Å². The number of likely N-dealkylation sites (tertiary alicyclic amines) is 1. The van der Waals surface area contributed by atoms with Gasteiger partial charge in [-0.2, -0.15) is 0 Å². The summed E-state index contributed by atoms with van der Waals surface area (Å²) in [5.41, 5.74) is 1.66. The Bertz CT molecular complexity index is 802. The van der Waals surface area contributed by atoms with Crippen LogP contribution in [0.5, 0.6) is 5.75 Å². The van der Waals surface area contributed by atoms with Crippen LogP contribution >= 0.6 is 0 Å². The molecular weight excluding hydrogens is 332 g/mol. The Morgan fingerprint density at radius 3 is 2.46 bits per heavy atom. The molecule has 134 valence electrons. The summed E-state index contributed by atoms with van der Waals surface area (Å²) in [7, 11) is 0. The van der Waals surface area contributed by atoms with Gasteiger partial charge in [-0.05, 0) is 29.8 Å². The van der Waals surface area contributed by atoms with Crippen LogP contribution in [0, 0.1) is 5.92 Å². The molecule has 0 spiro atoms. The SMILES string of the molecule is CC(=O)Nc1ccc(OC(=O)C2CC(=O)N(Cc3ccccc3)C2)cc1. The second kappa shape index (κ2) is 7.82.